The van der Waals surface area contributed by atoms with Gasteiger partial charge in [0.05, 0.1) is 12.1 Å². The van der Waals surface area contributed by atoms with Crippen LogP contribution in [0.15, 0.2) is 90.0 Å². The van der Waals surface area contributed by atoms with Gasteiger partial charge in [-0.2, -0.15) is 5.10 Å². The number of hydrogen-bond acceptors (Lipinski definition) is 4. The van der Waals surface area contributed by atoms with Crippen molar-refractivity contribution in [3.63, 3.8) is 0 Å². The molecule has 1 saturated carbocycles. The fourth-order valence-corrected chi connectivity index (χ4v) is 3.57. The van der Waals surface area contributed by atoms with Crippen LogP contribution in [0.2, 0.25) is 0 Å². The third-order valence-corrected chi connectivity index (χ3v) is 5.37. The number of nitrogens with zero attached hydrogens (tertiary/aromatic N) is 1. The summed E-state index contributed by atoms with van der Waals surface area (Å²) in [5, 5.41) is 4.10. The smallest absolute Gasteiger partial charge is 0.246 e. The number of nitrogens with one attached hydrogen (secondary N) is 1. The molecule has 2 atom stereocenters. The molecule has 0 aliphatic heterocycles. The molecule has 4 rings (SSSR count). The molecule has 0 bridgehead atoms. The number of carbonyl (C=O) groups excluding carboxylic acids is 1. The molecule has 5 nitrogen and oxygen atoms in total. The second-order valence-electron chi connectivity index (χ2n) is 7.29. The van der Waals surface area contributed by atoms with Crippen molar-refractivity contribution in [2.24, 2.45) is 11.0 Å². The maximum atomic E-state index is 12.5. The molecule has 152 valence electrons. The van der Waals surface area contributed by atoms with Gasteiger partial charge in [0.2, 0.25) is 5.91 Å². The van der Waals surface area contributed by atoms with Crippen LogP contribution in [0.3, 0.4) is 0 Å². The van der Waals surface area contributed by atoms with Crippen LogP contribution < -0.4 is 10.2 Å². The van der Waals surface area contributed by atoms with Crippen LogP contribution in [0.4, 0.5) is 0 Å². The highest BCUT2D eigenvalue weighted by atomic mass is 16.5. The van der Waals surface area contributed by atoms with Gasteiger partial charge in [-0.15, -0.1) is 0 Å². The SMILES string of the molecule is COC1(c2ccccc2)CC1C(=O)NN=Cc1ccc(OCc2ccccc2)cc1. The second-order valence-corrected chi connectivity index (χ2v) is 7.29. The summed E-state index contributed by atoms with van der Waals surface area (Å²) in [7, 11) is 1.64. The Hall–Kier alpha value is -3.44. The minimum Gasteiger partial charge on any atom is -0.489 e. The van der Waals surface area contributed by atoms with Crippen molar-refractivity contribution < 1.29 is 14.3 Å². The van der Waals surface area contributed by atoms with Gasteiger partial charge in [0.25, 0.3) is 0 Å². The van der Waals surface area contributed by atoms with Crippen molar-refractivity contribution in [1.29, 1.82) is 0 Å². The molecule has 0 saturated heterocycles. The van der Waals surface area contributed by atoms with Crippen LogP contribution >= 0.6 is 0 Å². The van der Waals surface area contributed by atoms with Gasteiger partial charge in [-0.3, -0.25) is 4.79 Å². The predicted molar refractivity (Wildman–Crippen MR) is 116 cm³/mol. The first-order valence-electron chi connectivity index (χ1n) is 9.92. The van der Waals surface area contributed by atoms with Crippen molar-refractivity contribution in [3.05, 3.63) is 102 Å². The van der Waals surface area contributed by atoms with Gasteiger partial charge in [0.1, 0.15) is 18.0 Å². The highest BCUT2D eigenvalue weighted by Crippen LogP contribution is 2.54. The van der Waals surface area contributed by atoms with Gasteiger partial charge in [0, 0.05) is 7.11 Å². The number of benzene rings is 3. The summed E-state index contributed by atoms with van der Waals surface area (Å²) in [6.45, 7) is 0.522. The summed E-state index contributed by atoms with van der Waals surface area (Å²) in [5.74, 6) is 0.404. The molecule has 30 heavy (non-hydrogen) atoms. The standard InChI is InChI=1S/C25H24N2O3/c1-29-25(21-10-6-3-7-11-21)16-23(25)24(28)27-26-17-19-12-14-22(15-13-19)30-18-20-8-4-2-5-9-20/h2-15,17,23H,16,18H2,1H3,(H,27,28). The maximum Gasteiger partial charge on any atom is 0.246 e. The number of hydrazone groups is 1. The van der Waals surface area contributed by atoms with E-state index in [-0.39, 0.29) is 11.8 Å². The van der Waals surface area contributed by atoms with Crippen LogP contribution in [-0.2, 0) is 21.7 Å². The average Bonchev–Trinajstić information content (AvgIpc) is 3.56. The molecule has 2 unspecified atom stereocenters. The van der Waals surface area contributed by atoms with E-state index >= 15 is 0 Å². The van der Waals surface area contributed by atoms with E-state index in [0.29, 0.717) is 13.0 Å². The van der Waals surface area contributed by atoms with E-state index in [9.17, 15) is 4.79 Å². The summed E-state index contributed by atoms with van der Waals surface area (Å²) in [4.78, 5) is 12.5. The number of ether oxygens (including phenoxy) is 2. The number of hydrogen-bond donors (Lipinski definition) is 1. The number of carbonyl (C=O) groups is 1. The van der Waals surface area contributed by atoms with Gasteiger partial charge >= 0.3 is 0 Å². The van der Waals surface area contributed by atoms with E-state index in [1.54, 1.807) is 13.3 Å². The Balaban J connectivity index is 1.29. The Morgan fingerprint density at radius 3 is 2.37 bits per heavy atom. The fraction of sp³-hybridized carbons (Fsp3) is 0.200. The molecule has 0 heterocycles. The van der Waals surface area contributed by atoms with Crippen LogP contribution in [0.1, 0.15) is 23.1 Å². The third-order valence-electron chi connectivity index (χ3n) is 5.37. The lowest BCUT2D eigenvalue weighted by molar-refractivity contribution is -0.124. The zero-order chi connectivity index (χ0) is 20.8. The molecule has 1 aliphatic carbocycles. The lowest BCUT2D eigenvalue weighted by Gasteiger charge is -2.15. The van der Waals surface area contributed by atoms with Crippen LogP contribution in [0, 0.1) is 5.92 Å². The minimum atomic E-state index is -0.543. The first-order chi connectivity index (χ1) is 14.7. The van der Waals surface area contributed by atoms with E-state index in [1.807, 2.05) is 84.9 Å². The summed E-state index contributed by atoms with van der Waals surface area (Å²) in [6.07, 6.45) is 2.28. The molecule has 3 aromatic carbocycles. The van der Waals surface area contributed by atoms with Crippen molar-refractivity contribution in [2.45, 2.75) is 18.6 Å². The van der Waals surface area contributed by atoms with Crippen molar-refractivity contribution in [1.82, 2.24) is 5.43 Å². The minimum absolute atomic E-state index is 0.139. The Morgan fingerprint density at radius 2 is 1.70 bits per heavy atom. The van der Waals surface area contributed by atoms with Gasteiger partial charge in [-0.25, -0.2) is 5.43 Å². The van der Waals surface area contributed by atoms with Crippen LogP contribution in [0.25, 0.3) is 0 Å². The van der Waals surface area contributed by atoms with Gasteiger partial charge in [-0.1, -0.05) is 60.7 Å². The quantitative estimate of drug-likeness (QED) is 0.454. The number of rotatable bonds is 8. The second kappa shape index (κ2) is 8.93. The van der Waals surface area contributed by atoms with Crippen LogP contribution in [-0.4, -0.2) is 19.2 Å². The molecule has 5 heteroatoms. The number of amides is 1. The fourth-order valence-electron chi connectivity index (χ4n) is 3.57. The molecular formula is C25H24N2O3. The van der Waals surface area contributed by atoms with E-state index in [1.165, 1.54) is 0 Å². The molecular weight excluding hydrogens is 376 g/mol. The van der Waals surface area contributed by atoms with Gasteiger partial charge in [-0.05, 0) is 47.4 Å². The maximum absolute atomic E-state index is 12.5. The van der Waals surface area contributed by atoms with E-state index < -0.39 is 5.60 Å². The van der Waals surface area contributed by atoms with Crippen molar-refractivity contribution in [3.8, 4) is 5.75 Å². The van der Waals surface area contributed by atoms with E-state index in [4.69, 9.17) is 9.47 Å². The Morgan fingerprint density at radius 1 is 1.03 bits per heavy atom. The van der Waals surface area contributed by atoms with E-state index in [2.05, 4.69) is 10.5 Å². The number of methoxy groups -OCH3 is 1. The molecule has 1 aliphatic rings. The Labute approximate surface area is 176 Å². The zero-order valence-corrected chi connectivity index (χ0v) is 16.8. The first kappa shape index (κ1) is 19.9. The Bertz CT molecular complexity index is 1000. The van der Waals surface area contributed by atoms with Crippen molar-refractivity contribution >= 4 is 12.1 Å². The summed E-state index contributed by atoms with van der Waals surface area (Å²) in [5.41, 5.74) is 5.10. The molecule has 0 spiro atoms. The molecule has 0 radical (unpaired) electrons. The highest BCUT2D eigenvalue weighted by Gasteiger charge is 2.60. The van der Waals surface area contributed by atoms with Gasteiger partial charge in [0.15, 0.2) is 0 Å². The lowest BCUT2D eigenvalue weighted by Crippen LogP contribution is -2.25. The van der Waals surface area contributed by atoms with Gasteiger partial charge < -0.3 is 9.47 Å². The summed E-state index contributed by atoms with van der Waals surface area (Å²) in [6, 6.07) is 27.4. The summed E-state index contributed by atoms with van der Waals surface area (Å²) >= 11 is 0. The van der Waals surface area contributed by atoms with Crippen LogP contribution in [0.5, 0.6) is 5.75 Å². The predicted octanol–water partition coefficient (Wildman–Crippen LogP) is 4.28. The summed E-state index contributed by atoms with van der Waals surface area (Å²) < 4.78 is 11.5. The van der Waals surface area contributed by atoms with Crippen molar-refractivity contribution in [2.75, 3.05) is 7.11 Å². The topological polar surface area (TPSA) is 59.9 Å². The average molecular weight is 400 g/mol. The zero-order valence-electron chi connectivity index (χ0n) is 16.8. The lowest BCUT2D eigenvalue weighted by atomic mass is 10.1. The third kappa shape index (κ3) is 4.42. The normalized spacial score (nSPS) is 20.1. The highest BCUT2D eigenvalue weighted by molar-refractivity contribution is 5.86. The molecule has 1 N–H and O–H groups in total. The monoisotopic (exact) mass is 400 g/mol. The molecule has 0 aromatic heterocycles. The molecule has 1 amide bonds. The Kier molecular flexibility index (Phi) is 5.91. The molecule has 3 aromatic rings. The largest absolute Gasteiger partial charge is 0.489 e. The van der Waals surface area contributed by atoms with E-state index in [0.717, 1.165) is 22.4 Å². The first-order valence-corrected chi connectivity index (χ1v) is 9.92. The molecule has 1 fully saturated rings.